The van der Waals surface area contributed by atoms with E-state index in [1.54, 1.807) is 12.1 Å². The highest BCUT2D eigenvalue weighted by Crippen LogP contribution is 2.41. The number of urea groups is 1. The van der Waals surface area contributed by atoms with E-state index in [2.05, 4.69) is 5.32 Å². The SMILES string of the molecule is COc1cc(N2CCC(=O)NC2=O)cc(OC)c1OC. The first-order valence-electron chi connectivity index (χ1n) is 6.02. The van der Waals surface area contributed by atoms with Crippen molar-refractivity contribution in [2.24, 2.45) is 0 Å². The van der Waals surface area contributed by atoms with Gasteiger partial charge in [-0.3, -0.25) is 15.0 Å². The molecule has 0 aliphatic carbocycles. The maximum Gasteiger partial charge on any atom is 0.328 e. The van der Waals surface area contributed by atoms with Gasteiger partial charge in [-0.2, -0.15) is 0 Å². The minimum absolute atomic E-state index is 0.252. The number of benzene rings is 1. The highest BCUT2D eigenvalue weighted by atomic mass is 16.5. The second-order valence-electron chi connectivity index (χ2n) is 4.14. The molecule has 2 rings (SSSR count). The normalized spacial score (nSPS) is 14.8. The van der Waals surface area contributed by atoms with Crippen molar-refractivity contribution in [1.29, 1.82) is 0 Å². The number of imide groups is 1. The number of nitrogens with one attached hydrogen (secondary N) is 1. The Hall–Kier alpha value is -2.44. The smallest absolute Gasteiger partial charge is 0.328 e. The van der Waals surface area contributed by atoms with Crippen LogP contribution in [0.1, 0.15) is 6.42 Å². The number of carbonyl (C=O) groups excluding carboxylic acids is 2. The Balaban J connectivity index is 2.42. The summed E-state index contributed by atoms with van der Waals surface area (Å²) in [5, 5.41) is 2.27. The minimum atomic E-state index is -0.462. The van der Waals surface area contributed by atoms with E-state index in [0.717, 1.165) is 0 Å². The summed E-state index contributed by atoms with van der Waals surface area (Å²) in [6, 6.07) is 2.86. The maximum absolute atomic E-state index is 11.8. The molecule has 1 fully saturated rings. The highest BCUT2D eigenvalue weighted by molar-refractivity contribution is 6.05. The number of methoxy groups -OCH3 is 3. The zero-order valence-electron chi connectivity index (χ0n) is 11.6. The summed E-state index contributed by atoms with van der Waals surface area (Å²) in [4.78, 5) is 24.5. The van der Waals surface area contributed by atoms with Crippen molar-refractivity contribution >= 4 is 17.6 Å². The van der Waals surface area contributed by atoms with Gasteiger partial charge in [-0.15, -0.1) is 0 Å². The summed E-state index contributed by atoms with van der Waals surface area (Å²) in [7, 11) is 4.51. The molecule has 7 nitrogen and oxygen atoms in total. The van der Waals surface area contributed by atoms with E-state index in [4.69, 9.17) is 14.2 Å². The van der Waals surface area contributed by atoms with Crippen LogP contribution in [0.15, 0.2) is 12.1 Å². The molecule has 1 aromatic carbocycles. The molecule has 108 valence electrons. The van der Waals surface area contributed by atoms with Gasteiger partial charge in [0.1, 0.15) is 0 Å². The summed E-state index contributed by atoms with van der Waals surface area (Å²) in [6.45, 7) is 0.309. The third-order valence-corrected chi connectivity index (χ3v) is 3.02. The minimum Gasteiger partial charge on any atom is -0.493 e. The predicted molar refractivity (Wildman–Crippen MR) is 71.6 cm³/mol. The number of rotatable bonds is 4. The molecule has 7 heteroatoms. The lowest BCUT2D eigenvalue weighted by molar-refractivity contribution is -0.120. The van der Waals surface area contributed by atoms with Crippen LogP contribution in [0.4, 0.5) is 10.5 Å². The third-order valence-electron chi connectivity index (χ3n) is 3.02. The number of hydrogen-bond donors (Lipinski definition) is 1. The molecule has 3 amide bonds. The van der Waals surface area contributed by atoms with Gasteiger partial charge in [0, 0.05) is 25.1 Å². The number of nitrogens with zero attached hydrogens (tertiary/aromatic N) is 1. The van der Waals surface area contributed by atoms with Crippen LogP contribution in [0.25, 0.3) is 0 Å². The van der Waals surface area contributed by atoms with Gasteiger partial charge in [0.25, 0.3) is 0 Å². The second-order valence-corrected chi connectivity index (χ2v) is 4.14. The number of amides is 3. The lowest BCUT2D eigenvalue weighted by Crippen LogP contribution is -2.49. The average Bonchev–Trinajstić information content (AvgIpc) is 2.45. The Morgan fingerprint density at radius 1 is 1.05 bits per heavy atom. The molecule has 1 saturated heterocycles. The monoisotopic (exact) mass is 280 g/mol. The van der Waals surface area contributed by atoms with Gasteiger partial charge in [-0.25, -0.2) is 4.79 Å². The van der Waals surface area contributed by atoms with Crippen LogP contribution in [0.3, 0.4) is 0 Å². The van der Waals surface area contributed by atoms with Crippen LogP contribution in [0.2, 0.25) is 0 Å². The van der Waals surface area contributed by atoms with E-state index >= 15 is 0 Å². The molecular weight excluding hydrogens is 264 g/mol. The zero-order chi connectivity index (χ0) is 14.7. The van der Waals surface area contributed by atoms with Crippen molar-refractivity contribution in [1.82, 2.24) is 5.32 Å². The lowest BCUT2D eigenvalue weighted by Gasteiger charge is -2.27. The van der Waals surface area contributed by atoms with Crippen molar-refractivity contribution < 1.29 is 23.8 Å². The van der Waals surface area contributed by atoms with E-state index in [1.807, 2.05) is 0 Å². The van der Waals surface area contributed by atoms with Gasteiger partial charge in [0.15, 0.2) is 11.5 Å². The molecule has 1 aromatic rings. The van der Waals surface area contributed by atoms with Gasteiger partial charge < -0.3 is 14.2 Å². The Morgan fingerprint density at radius 2 is 1.65 bits per heavy atom. The first kappa shape index (κ1) is 14.0. The van der Waals surface area contributed by atoms with Gasteiger partial charge in [0.05, 0.1) is 27.0 Å². The molecule has 0 bridgehead atoms. The zero-order valence-corrected chi connectivity index (χ0v) is 11.6. The fourth-order valence-corrected chi connectivity index (χ4v) is 2.03. The first-order valence-corrected chi connectivity index (χ1v) is 6.02. The fraction of sp³-hybridized carbons (Fsp3) is 0.385. The van der Waals surface area contributed by atoms with Gasteiger partial charge in [-0.1, -0.05) is 0 Å². The van der Waals surface area contributed by atoms with Crippen LogP contribution in [0.5, 0.6) is 17.2 Å². The molecule has 1 N–H and O–H groups in total. The maximum atomic E-state index is 11.8. The van der Waals surface area contributed by atoms with Gasteiger partial charge in [0.2, 0.25) is 11.7 Å². The van der Waals surface area contributed by atoms with E-state index in [0.29, 0.717) is 29.5 Å². The Bertz CT molecular complexity index is 519. The summed E-state index contributed by atoms with van der Waals surface area (Å²) in [5.74, 6) is 1.07. The third kappa shape index (κ3) is 2.47. The first-order chi connectivity index (χ1) is 9.60. The second kappa shape index (κ2) is 5.68. The van der Waals surface area contributed by atoms with E-state index in [9.17, 15) is 9.59 Å². The molecule has 20 heavy (non-hydrogen) atoms. The molecular formula is C13H16N2O5. The Labute approximate surface area is 116 Å². The summed E-state index contributed by atoms with van der Waals surface area (Å²) in [5.41, 5.74) is 0.574. The van der Waals surface area contributed by atoms with Crippen molar-refractivity contribution in [3.63, 3.8) is 0 Å². The lowest BCUT2D eigenvalue weighted by atomic mass is 10.2. The molecule has 0 spiro atoms. The summed E-state index contributed by atoms with van der Waals surface area (Å²) in [6.07, 6.45) is 0.252. The van der Waals surface area contributed by atoms with E-state index in [1.165, 1.54) is 26.2 Å². The molecule has 0 atom stereocenters. The molecule has 0 unspecified atom stereocenters. The van der Waals surface area contributed by atoms with Crippen LogP contribution >= 0.6 is 0 Å². The Morgan fingerprint density at radius 3 is 2.10 bits per heavy atom. The summed E-state index contributed by atoms with van der Waals surface area (Å²) < 4.78 is 15.7. The van der Waals surface area contributed by atoms with Gasteiger partial charge in [-0.05, 0) is 0 Å². The van der Waals surface area contributed by atoms with Crippen LogP contribution in [0, 0.1) is 0 Å². The fourth-order valence-electron chi connectivity index (χ4n) is 2.03. The number of carbonyl (C=O) groups is 2. The average molecular weight is 280 g/mol. The number of anilines is 1. The van der Waals surface area contributed by atoms with Crippen LogP contribution in [-0.2, 0) is 4.79 Å². The number of ether oxygens (including phenoxy) is 3. The molecule has 0 aromatic heterocycles. The number of hydrogen-bond acceptors (Lipinski definition) is 5. The van der Waals surface area contributed by atoms with Crippen molar-refractivity contribution in [3.05, 3.63) is 12.1 Å². The molecule has 1 aliphatic heterocycles. The topological polar surface area (TPSA) is 77.1 Å². The van der Waals surface area contributed by atoms with Crippen LogP contribution < -0.4 is 24.4 Å². The van der Waals surface area contributed by atoms with Gasteiger partial charge >= 0.3 is 6.03 Å². The molecule has 0 saturated carbocycles. The summed E-state index contributed by atoms with van der Waals surface area (Å²) >= 11 is 0. The quantitative estimate of drug-likeness (QED) is 0.895. The standard InChI is InChI=1S/C13H16N2O5/c1-18-9-6-8(7-10(19-2)12(9)20-3)15-5-4-11(16)14-13(15)17/h6-7H,4-5H2,1-3H3,(H,14,16,17). The molecule has 1 heterocycles. The largest absolute Gasteiger partial charge is 0.493 e. The van der Waals surface area contributed by atoms with Crippen molar-refractivity contribution in [2.45, 2.75) is 6.42 Å². The van der Waals surface area contributed by atoms with E-state index < -0.39 is 6.03 Å². The van der Waals surface area contributed by atoms with Crippen LogP contribution in [-0.4, -0.2) is 39.8 Å². The molecule has 1 aliphatic rings. The Kier molecular flexibility index (Phi) is 3.97. The van der Waals surface area contributed by atoms with E-state index in [-0.39, 0.29) is 12.3 Å². The predicted octanol–water partition coefficient (Wildman–Crippen LogP) is 1.16. The van der Waals surface area contributed by atoms with Crippen molar-refractivity contribution in [3.8, 4) is 17.2 Å². The molecule has 0 radical (unpaired) electrons. The highest BCUT2D eigenvalue weighted by Gasteiger charge is 2.26. The van der Waals surface area contributed by atoms with Crippen molar-refractivity contribution in [2.75, 3.05) is 32.8 Å².